The fourth-order valence-electron chi connectivity index (χ4n) is 2.20. The summed E-state index contributed by atoms with van der Waals surface area (Å²) in [5.41, 5.74) is 0. The maximum atomic E-state index is 6.15. The first kappa shape index (κ1) is 13.4. The van der Waals surface area contributed by atoms with E-state index in [-0.39, 0.29) is 6.10 Å². The summed E-state index contributed by atoms with van der Waals surface area (Å²) in [5, 5.41) is 0.542. The molecule has 1 aliphatic rings. The normalized spacial score (nSPS) is 24.1. The Kier molecular flexibility index (Phi) is 4.24. The van der Waals surface area contributed by atoms with Crippen molar-refractivity contribution in [3.8, 4) is 6.01 Å². The third-order valence-corrected chi connectivity index (χ3v) is 3.64. The van der Waals surface area contributed by atoms with E-state index in [2.05, 4.69) is 21.8 Å². The maximum absolute atomic E-state index is 6.15. The molecule has 6 heteroatoms. The topological polar surface area (TPSA) is 47.5 Å². The minimum Gasteiger partial charge on any atom is -0.467 e. The summed E-state index contributed by atoms with van der Waals surface area (Å²) in [6, 6.07) is 0.335. The third kappa shape index (κ3) is 2.67. The van der Waals surface area contributed by atoms with Gasteiger partial charge in [0.2, 0.25) is 0 Å². The zero-order valence-corrected chi connectivity index (χ0v) is 11.6. The number of nitrogens with zero attached hydrogens (tertiary/aromatic N) is 3. The SMILES string of the molecule is COc1ncc(Cl)c(N2CCC(C)C(OC)C2)n1. The highest BCUT2D eigenvalue weighted by Gasteiger charge is 2.28. The van der Waals surface area contributed by atoms with E-state index in [1.807, 2.05) is 0 Å². The number of methoxy groups -OCH3 is 2. The highest BCUT2D eigenvalue weighted by molar-refractivity contribution is 6.32. The van der Waals surface area contributed by atoms with Crippen LogP contribution in [0.15, 0.2) is 6.20 Å². The van der Waals surface area contributed by atoms with Crippen LogP contribution in [0, 0.1) is 5.92 Å². The van der Waals surface area contributed by atoms with Crippen molar-refractivity contribution >= 4 is 17.4 Å². The Morgan fingerprint density at radius 3 is 2.89 bits per heavy atom. The lowest BCUT2D eigenvalue weighted by atomic mass is 9.96. The second kappa shape index (κ2) is 5.71. The van der Waals surface area contributed by atoms with Gasteiger partial charge in [-0.1, -0.05) is 18.5 Å². The van der Waals surface area contributed by atoms with E-state index in [4.69, 9.17) is 21.1 Å². The average molecular weight is 272 g/mol. The van der Waals surface area contributed by atoms with E-state index in [0.717, 1.165) is 25.3 Å². The molecule has 1 aliphatic heterocycles. The van der Waals surface area contributed by atoms with Gasteiger partial charge in [-0.25, -0.2) is 4.98 Å². The van der Waals surface area contributed by atoms with Gasteiger partial charge >= 0.3 is 6.01 Å². The number of rotatable bonds is 3. The van der Waals surface area contributed by atoms with E-state index in [1.54, 1.807) is 20.4 Å². The number of ether oxygens (including phenoxy) is 2. The molecular weight excluding hydrogens is 254 g/mol. The fourth-order valence-corrected chi connectivity index (χ4v) is 2.41. The zero-order chi connectivity index (χ0) is 13.1. The largest absolute Gasteiger partial charge is 0.467 e. The van der Waals surface area contributed by atoms with Gasteiger partial charge in [0.25, 0.3) is 0 Å². The summed E-state index contributed by atoms with van der Waals surface area (Å²) in [6.07, 6.45) is 2.83. The quantitative estimate of drug-likeness (QED) is 0.842. The van der Waals surface area contributed by atoms with Crippen LogP contribution in [0.5, 0.6) is 6.01 Å². The van der Waals surface area contributed by atoms with Crippen LogP contribution in [0.2, 0.25) is 5.02 Å². The molecule has 2 atom stereocenters. The predicted octanol–water partition coefficient (Wildman–Crippen LogP) is 2.00. The maximum Gasteiger partial charge on any atom is 0.318 e. The Morgan fingerprint density at radius 1 is 1.44 bits per heavy atom. The van der Waals surface area contributed by atoms with Gasteiger partial charge in [-0.15, -0.1) is 0 Å². The summed E-state index contributed by atoms with van der Waals surface area (Å²) in [4.78, 5) is 10.4. The molecule has 0 N–H and O–H groups in total. The summed E-state index contributed by atoms with van der Waals surface area (Å²) in [6.45, 7) is 3.91. The average Bonchev–Trinajstić information content (AvgIpc) is 2.40. The molecule has 5 nitrogen and oxygen atoms in total. The number of halogens is 1. The summed E-state index contributed by atoms with van der Waals surface area (Å²) < 4.78 is 10.5. The molecule has 1 aromatic heterocycles. The lowest BCUT2D eigenvalue weighted by Crippen LogP contribution is -2.44. The van der Waals surface area contributed by atoms with Gasteiger partial charge in [-0.3, -0.25) is 0 Å². The fraction of sp³-hybridized carbons (Fsp3) is 0.667. The first-order valence-electron chi connectivity index (χ1n) is 6.00. The van der Waals surface area contributed by atoms with Crippen LogP contribution < -0.4 is 9.64 Å². The van der Waals surface area contributed by atoms with Crippen LogP contribution >= 0.6 is 11.6 Å². The van der Waals surface area contributed by atoms with Crippen molar-refractivity contribution in [1.82, 2.24) is 9.97 Å². The van der Waals surface area contributed by atoms with Crippen molar-refractivity contribution in [1.29, 1.82) is 0 Å². The molecule has 0 amide bonds. The van der Waals surface area contributed by atoms with E-state index in [9.17, 15) is 0 Å². The number of anilines is 1. The number of hydrogen-bond donors (Lipinski definition) is 0. The van der Waals surface area contributed by atoms with E-state index < -0.39 is 0 Å². The van der Waals surface area contributed by atoms with Gasteiger partial charge < -0.3 is 14.4 Å². The Bertz CT molecular complexity index is 416. The van der Waals surface area contributed by atoms with Crippen molar-refractivity contribution in [2.24, 2.45) is 5.92 Å². The molecule has 1 aromatic rings. The zero-order valence-electron chi connectivity index (χ0n) is 10.9. The molecular formula is C12H18ClN3O2. The molecule has 0 saturated carbocycles. The van der Waals surface area contributed by atoms with Crippen LogP contribution in [0.1, 0.15) is 13.3 Å². The Hall–Kier alpha value is -1.07. The monoisotopic (exact) mass is 271 g/mol. The Labute approximate surface area is 112 Å². The van der Waals surface area contributed by atoms with Gasteiger partial charge in [-0.05, 0) is 12.3 Å². The second-order valence-corrected chi connectivity index (χ2v) is 4.92. The van der Waals surface area contributed by atoms with Gasteiger partial charge in [0.1, 0.15) is 5.02 Å². The van der Waals surface area contributed by atoms with Crippen molar-refractivity contribution in [3.05, 3.63) is 11.2 Å². The molecule has 2 heterocycles. The van der Waals surface area contributed by atoms with Crippen molar-refractivity contribution in [3.63, 3.8) is 0 Å². The molecule has 100 valence electrons. The van der Waals surface area contributed by atoms with E-state index >= 15 is 0 Å². The van der Waals surface area contributed by atoms with Crippen molar-refractivity contribution in [2.75, 3.05) is 32.2 Å². The standard InChI is InChI=1S/C12H18ClN3O2/c1-8-4-5-16(7-10(8)17-2)11-9(13)6-14-12(15-11)18-3/h6,8,10H,4-5,7H2,1-3H3. The second-order valence-electron chi connectivity index (χ2n) is 4.51. The molecule has 1 fully saturated rings. The minimum atomic E-state index is 0.204. The molecule has 18 heavy (non-hydrogen) atoms. The van der Waals surface area contributed by atoms with Crippen LogP contribution in [0.4, 0.5) is 5.82 Å². The molecule has 0 aromatic carbocycles. The van der Waals surface area contributed by atoms with Gasteiger partial charge in [0, 0.05) is 20.2 Å². The highest BCUT2D eigenvalue weighted by atomic mass is 35.5. The number of piperidine rings is 1. The van der Waals surface area contributed by atoms with Crippen LogP contribution in [-0.4, -0.2) is 43.4 Å². The lowest BCUT2D eigenvalue weighted by Gasteiger charge is -2.37. The van der Waals surface area contributed by atoms with Gasteiger partial charge in [0.15, 0.2) is 5.82 Å². The summed E-state index contributed by atoms with van der Waals surface area (Å²) >= 11 is 6.15. The van der Waals surface area contributed by atoms with E-state index in [0.29, 0.717) is 17.0 Å². The van der Waals surface area contributed by atoms with Gasteiger partial charge in [0.05, 0.1) is 19.4 Å². The summed E-state index contributed by atoms with van der Waals surface area (Å²) in [7, 11) is 3.29. The molecule has 0 spiro atoms. The molecule has 0 bridgehead atoms. The highest BCUT2D eigenvalue weighted by Crippen LogP contribution is 2.29. The number of aromatic nitrogens is 2. The third-order valence-electron chi connectivity index (χ3n) is 3.38. The number of hydrogen-bond acceptors (Lipinski definition) is 5. The minimum absolute atomic E-state index is 0.204. The molecule has 0 aliphatic carbocycles. The van der Waals surface area contributed by atoms with Crippen molar-refractivity contribution < 1.29 is 9.47 Å². The van der Waals surface area contributed by atoms with Gasteiger partial charge in [-0.2, -0.15) is 4.98 Å². The van der Waals surface area contributed by atoms with Crippen molar-refractivity contribution in [2.45, 2.75) is 19.4 Å². The lowest BCUT2D eigenvalue weighted by molar-refractivity contribution is 0.0496. The first-order chi connectivity index (χ1) is 8.65. The molecule has 1 saturated heterocycles. The molecule has 2 unspecified atom stereocenters. The Morgan fingerprint density at radius 2 is 2.22 bits per heavy atom. The van der Waals surface area contributed by atoms with E-state index in [1.165, 1.54) is 0 Å². The van der Waals surface area contributed by atoms with Crippen LogP contribution in [0.3, 0.4) is 0 Å². The summed E-state index contributed by atoms with van der Waals surface area (Å²) in [5.74, 6) is 1.27. The Balaban J connectivity index is 2.20. The predicted molar refractivity (Wildman–Crippen MR) is 70.4 cm³/mol. The molecule has 2 rings (SSSR count). The first-order valence-corrected chi connectivity index (χ1v) is 6.37. The smallest absolute Gasteiger partial charge is 0.318 e. The van der Waals surface area contributed by atoms with Crippen LogP contribution in [0.25, 0.3) is 0 Å². The molecule has 0 radical (unpaired) electrons. The van der Waals surface area contributed by atoms with Crippen LogP contribution in [-0.2, 0) is 4.74 Å².